The Labute approximate surface area is 108 Å². The minimum absolute atomic E-state index is 0.216. The van der Waals surface area contributed by atoms with Gasteiger partial charge in [0.1, 0.15) is 0 Å². The fourth-order valence-corrected chi connectivity index (χ4v) is 1.89. The second-order valence-electron chi connectivity index (χ2n) is 4.34. The highest BCUT2D eigenvalue weighted by Gasteiger charge is 2.09. The molecule has 0 amide bonds. The van der Waals surface area contributed by atoms with Crippen molar-refractivity contribution in [3.8, 4) is 5.88 Å². The summed E-state index contributed by atoms with van der Waals surface area (Å²) in [6, 6.07) is 3.51. The van der Waals surface area contributed by atoms with Crippen molar-refractivity contribution in [3.63, 3.8) is 0 Å². The van der Waals surface area contributed by atoms with Gasteiger partial charge in [-0.15, -0.1) is 0 Å². The number of pyridine rings is 1. The monoisotopic (exact) mass is 253 g/mol. The van der Waals surface area contributed by atoms with Gasteiger partial charge in [-0.3, -0.25) is 0 Å². The molecule has 1 rings (SSSR count). The molecule has 0 aromatic carbocycles. The van der Waals surface area contributed by atoms with E-state index in [-0.39, 0.29) is 6.61 Å². The summed E-state index contributed by atoms with van der Waals surface area (Å²) in [7, 11) is 1.58. The zero-order chi connectivity index (χ0) is 13.4. The quantitative estimate of drug-likeness (QED) is 0.659. The van der Waals surface area contributed by atoms with Crippen LogP contribution in [0.3, 0.4) is 0 Å². The Morgan fingerprint density at radius 1 is 1.44 bits per heavy atom. The number of anilines is 2. The fourth-order valence-electron chi connectivity index (χ4n) is 1.89. The van der Waals surface area contributed by atoms with Crippen LogP contribution in [0.4, 0.5) is 11.5 Å². The second kappa shape index (κ2) is 7.76. The molecule has 1 unspecified atom stereocenters. The molecule has 0 saturated carbocycles. The van der Waals surface area contributed by atoms with Crippen LogP contribution >= 0.6 is 0 Å². The molecule has 4 N–H and O–H groups in total. The van der Waals surface area contributed by atoms with Gasteiger partial charge in [-0.1, -0.05) is 13.3 Å². The molecule has 0 aliphatic heterocycles. The third-order valence-electron chi connectivity index (χ3n) is 2.90. The van der Waals surface area contributed by atoms with Crippen LogP contribution in [0.15, 0.2) is 12.1 Å². The second-order valence-corrected chi connectivity index (χ2v) is 4.34. The van der Waals surface area contributed by atoms with E-state index in [0.717, 1.165) is 25.8 Å². The number of nitrogens with one attached hydrogen (secondary N) is 1. The van der Waals surface area contributed by atoms with Gasteiger partial charge < -0.3 is 20.9 Å². The highest BCUT2D eigenvalue weighted by atomic mass is 16.5. The molecule has 1 heterocycles. The number of aliphatic hydroxyl groups is 1. The molecule has 1 aromatic rings. The van der Waals surface area contributed by atoms with Crippen molar-refractivity contribution < 1.29 is 9.84 Å². The highest BCUT2D eigenvalue weighted by Crippen LogP contribution is 2.20. The van der Waals surface area contributed by atoms with Crippen LogP contribution in [0.2, 0.25) is 0 Å². The molecule has 0 bridgehead atoms. The lowest BCUT2D eigenvalue weighted by molar-refractivity contribution is 0.255. The summed E-state index contributed by atoms with van der Waals surface area (Å²) in [6.45, 7) is 3.12. The molecule has 5 nitrogen and oxygen atoms in total. The molecule has 0 fully saturated rings. The zero-order valence-electron chi connectivity index (χ0n) is 11.1. The lowest BCUT2D eigenvalue weighted by atomic mass is 10.0. The van der Waals surface area contributed by atoms with Crippen molar-refractivity contribution in [2.75, 3.05) is 31.3 Å². The van der Waals surface area contributed by atoms with Crippen LogP contribution < -0.4 is 15.8 Å². The number of ether oxygens (including phenoxy) is 1. The van der Waals surface area contributed by atoms with E-state index in [1.165, 1.54) is 0 Å². The van der Waals surface area contributed by atoms with E-state index in [1.807, 2.05) is 0 Å². The van der Waals surface area contributed by atoms with Crippen LogP contribution in [-0.4, -0.2) is 30.4 Å². The SMILES string of the molecule is CCCC(CCO)CNc1nc(OC)ccc1N. The van der Waals surface area contributed by atoms with E-state index < -0.39 is 0 Å². The maximum absolute atomic E-state index is 9.01. The van der Waals surface area contributed by atoms with Gasteiger partial charge in [-0.25, -0.2) is 0 Å². The number of rotatable bonds is 8. The van der Waals surface area contributed by atoms with Crippen LogP contribution in [0.1, 0.15) is 26.2 Å². The maximum atomic E-state index is 9.01. The predicted octanol–water partition coefficient (Wildman–Crippen LogP) is 1.88. The molecule has 0 radical (unpaired) electrons. The van der Waals surface area contributed by atoms with Crippen LogP contribution in [-0.2, 0) is 0 Å². The first kappa shape index (κ1) is 14.6. The topological polar surface area (TPSA) is 80.4 Å². The molecule has 5 heteroatoms. The van der Waals surface area contributed by atoms with Gasteiger partial charge in [0.25, 0.3) is 0 Å². The average molecular weight is 253 g/mol. The van der Waals surface area contributed by atoms with Gasteiger partial charge in [0, 0.05) is 19.2 Å². The van der Waals surface area contributed by atoms with Crippen molar-refractivity contribution in [1.29, 1.82) is 0 Å². The zero-order valence-corrected chi connectivity index (χ0v) is 11.1. The van der Waals surface area contributed by atoms with Crippen molar-refractivity contribution in [1.82, 2.24) is 4.98 Å². The summed E-state index contributed by atoms with van der Waals surface area (Å²) in [5, 5.41) is 12.2. The van der Waals surface area contributed by atoms with E-state index in [2.05, 4.69) is 17.2 Å². The van der Waals surface area contributed by atoms with Crippen LogP contribution in [0.25, 0.3) is 0 Å². The lowest BCUT2D eigenvalue weighted by Gasteiger charge is -2.17. The molecule has 0 aliphatic carbocycles. The maximum Gasteiger partial charge on any atom is 0.215 e. The summed E-state index contributed by atoms with van der Waals surface area (Å²) in [5.74, 6) is 1.63. The smallest absolute Gasteiger partial charge is 0.215 e. The van der Waals surface area contributed by atoms with Crippen molar-refractivity contribution in [2.45, 2.75) is 26.2 Å². The van der Waals surface area contributed by atoms with Gasteiger partial charge in [-0.05, 0) is 24.8 Å². The summed E-state index contributed by atoms with van der Waals surface area (Å²) >= 11 is 0. The van der Waals surface area contributed by atoms with E-state index in [1.54, 1.807) is 19.2 Å². The largest absolute Gasteiger partial charge is 0.481 e. The third-order valence-corrected chi connectivity index (χ3v) is 2.90. The Hall–Kier alpha value is -1.49. The fraction of sp³-hybridized carbons (Fsp3) is 0.615. The summed E-state index contributed by atoms with van der Waals surface area (Å²) in [6.07, 6.45) is 2.98. The highest BCUT2D eigenvalue weighted by molar-refractivity contribution is 5.61. The normalized spacial score (nSPS) is 12.2. The van der Waals surface area contributed by atoms with Gasteiger partial charge >= 0.3 is 0 Å². The number of hydrogen-bond donors (Lipinski definition) is 3. The van der Waals surface area contributed by atoms with Crippen LogP contribution in [0.5, 0.6) is 5.88 Å². The molecular weight excluding hydrogens is 230 g/mol. The molecule has 0 saturated heterocycles. The Balaban J connectivity index is 2.60. The summed E-state index contributed by atoms with van der Waals surface area (Å²) in [5.41, 5.74) is 6.45. The van der Waals surface area contributed by atoms with Crippen molar-refractivity contribution >= 4 is 11.5 Å². The van der Waals surface area contributed by atoms with Gasteiger partial charge in [0.15, 0.2) is 5.82 Å². The van der Waals surface area contributed by atoms with E-state index in [4.69, 9.17) is 15.6 Å². The number of aliphatic hydroxyl groups excluding tert-OH is 1. The number of nitrogens with two attached hydrogens (primary N) is 1. The van der Waals surface area contributed by atoms with Gasteiger partial charge in [0.2, 0.25) is 5.88 Å². The van der Waals surface area contributed by atoms with Gasteiger partial charge in [-0.2, -0.15) is 4.98 Å². The Morgan fingerprint density at radius 2 is 2.22 bits per heavy atom. The molecule has 1 aromatic heterocycles. The molecule has 0 aliphatic rings. The first-order chi connectivity index (χ1) is 8.71. The number of nitrogens with zero attached hydrogens (tertiary/aromatic N) is 1. The molecule has 0 spiro atoms. The first-order valence-electron chi connectivity index (χ1n) is 6.36. The number of hydrogen-bond acceptors (Lipinski definition) is 5. The molecular formula is C13H23N3O2. The summed E-state index contributed by atoms with van der Waals surface area (Å²) < 4.78 is 5.06. The minimum atomic E-state index is 0.216. The minimum Gasteiger partial charge on any atom is -0.481 e. The average Bonchev–Trinajstić information content (AvgIpc) is 2.38. The van der Waals surface area contributed by atoms with Crippen molar-refractivity contribution in [2.24, 2.45) is 5.92 Å². The summed E-state index contributed by atoms with van der Waals surface area (Å²) in [4.78, 5) is 4.26. The standard InChI is InChI=1S/C13H23N3O2/c1-3-4-10(7-8-17)9-15-13-11(14)5-6-12(16-13)18-2/h5-6,10,17H,3-4,7-9,14H2,1-2H3,(H,15,16). The van der Waals surface area contributed by atoms with E-state index in [0.29, 0.717) is 23.3 Å². The number of methoxy groups -OCH3 is 1. The van der Waals surface area contributed by atoms with Crippen LogP contribution in [0, 0.1) is 5.92 Å². The Morgan fingerprint density at radius 3 is 2.83 bits per heavy atom. The van der Waals surface area contributed by atoms with Gasteiger partial charge in [0.05, 0.1) is 12.8 Å². The molecule has 102 valence electrons. The number of nitrogen functional groups attached to an aromatic ring is 1. The first-order valence-corrected chi connectivity index (χ1v) is 6.36. The van der Waals surface area contributed by atoms with E-state index in [9.17, 15) is 0 Å². The number of aromatic nitrogens is 1. The lowest BCUT2D eigenvalue weighted by Crippen LogP contribution is -2.17. The Bertz CT molecular complexity index is 352. The Kier molecular flexibility index (Phi) is 6.28. The molecule has 18 heavy (non-hydrogen) atoms. The van der Waals surface area contributed by atoms with E-state index >= 15 is 0 Å². The third kappa shape index (κ3) is 4.41. The predicted molar refractivity (Wildman–Crippen MR) is 73.8 cm³/mol. The van der Waals surface area contributed by atoms with Crippen molar-refractivity contribution in [3.05, 3.63) is 12.1 Å². The molecule has 1 atom stereocenters.